The zero-order chi connectivity index (χ0) is 12.5. The van der Waals surface area contributed by atoms with E-state index in [1.165, 1.54) is 0 Å². The zero-order valence-electron chi connectivity index (χ0n) is 10.0. The summed E-state index contributed by atoms with van der Waals surface area (Å²) < 4.78 is 10.5. The highest BCUT2D eigenvalue weighted by Crippen LogP contribution is 2.22. The lowest BCUT2D eigenvalue weighted by Crippen LogP contribution is -2.19. The summed E-state index contributed by atoms with van der Waals surface area (Å²) in [7, 11) is 1.68. The minimum Gasteiger partial charge on any atom is -0.489 e. The Balaban J connectivity index is 2.59. The van der Waals surface area contributed by atoms with Crippen LogP contribution in [0.2, 0.25) is 5.02 Å². The first-order valence-corrected chi connectivity index (χ1v) is 5.87. The molecule has 1 rings (SSSR count). The second-order valence-corrected chi connectivity index (χ2v) is 3.96. The average Bonchev–Trinajstić information content (AvgIpc) is 2.33. The van der Waals surface area contributed by atoms with Crippen LogP contribution in [-0.4, -0.2) is 26.9 Å². The Labute approximate surface area is 107 Å². The second-order valence-electron chi connectivity index (χ2n) is 3.52. The number of benzene rings is 1. The molecule has 1 aromatic rings. The predicted molar refractivity (Wildman–Crippen MR) is 70.7 cm³/mol. The third-order valence-corrected chi connectivity index (χ3v) is 2.41. The molecular weight excluding hydrogens is 238 g/mol. The molecule has 94 valence electrons. The molecule has 0 saturated carbocycles. The van der Waals surface area contributed by atoms with Gasteiger partial charge in [-0.1, -0.05) is 24.3 Å². The summed E-state index contributed by atoms with van der Waals surface area (Å²) in [6.07, 6.45) is 1.72. The number of hydrogen-bond acceptors (Lipinski definition) is 3. The maximum atomic E-state index is 5.96. The van der Waals surface area contributed by atoms with E-state index in [0.717, 1.165) is 17.9 Å². The lowest BCUT2D eigenvalue weighted by molar-refractivity contribution is 0.199. The number of methoxy groups -OCH3 is 1. The molecule has 0 saturated heterocycles. The van der Waals surface area contributed by atoms with Crippen molar-refractivity contribution in [2.24, 2.45) is 0 Å². The van der Waals surface area contributed by atoms with Crippen molar-refractivity contribution >= 4 is 11.6 Å². The van der Waals surface area contributed by atoms with Crippen molar-refractivity contribution in [1.82, 2.24) is 5.32 Å². The van der Waals surface area contributed by atoms with E-state index >= 15 is 0 Å². The molecule has 1 N–H and O–H groups in total. The van der Waals surface area contributed by atoms with Gasteiger partial charge in [0, 0.05) is 30.8 Å². The first-order chi connectivity index (χ1) is 8.27. The molecule has 0 aromatic heterocycles. The summed E-state index contributed by atoms with van der Waals surface area (Å²) >= 11 is 5.96. The zero-order valence-corrected chi connectivity index (χ0v) is 10.8. The molecule has 4 heteroatoms. The first-order valence-electron chi connectivity index (χ1n) is 5.49. The van der Waals surface area contributed by atoms with Crippen molar-refractivity contribution in [3.8, 4) is 5.75 Å². The van der Waals surface area contributed by atoms with Crippen LogP contribution >= 0.6 is 11.6 Å². The summed E-state index contributed by atoms with van der Waals surface area (Å²) in [5, 5.41) is 3.97. The molecular formula is C13H18ClNO2. The number of ether oxygens (including phenoxy) is 2. The minimum atomic E-state index is 0.493. The lowest BCUT2D eigenvalue weighted by atomic mass is 10.2. The van der Waals surface area contributed by atoms with Crippen LogP contribution in [0.1, 0.15) is 5.56 Å². The normalized spacial score (nSPS) is 10.2. The van der Waals surface area contributed by atoms with Crippen LogP contribution in [0, 0.1) is 0 Å². The Morgan fingerprint density at radius 2 is 2.29 bits per heavy atom. The third kappa shape index (κ3) is 5.22. The lowest BCUT2D eigenvalue weighted by Gasteiger charge is -2.11. The molecule has 0 fully saturated rings. The maximum absolute atomic E-state index is 5.96. The Kier molecular flexibility index (Phi) is 6.70. The van der Waals surface area contributed by atoms with Crippen molar-refractivity contribution in [2.45, 2.75) is 6.54 Å². The van der Waals surface area contributed by atoms with Crippen LogP contribution < -0.4 is 10.1 Å². The molecule has 0 aliphatic heterocycles. The van der Waals surface area contributed by atoms with E-state index < -0.39 is 0 Å². The highest BCUT2D eigenvalue weighted by Gasteiger charge is 2.04. The summed E-state index contributed by atoms with van der Waals surface area (Å²) in [6, 6.07) is 5.59. The van der Waals surface area contributed by atoms with Crippen LogP contribution in [-0.2, 0) is 11.3 Å². The number of nitrogens with one attached hydrogen (secondary N) is 1. The van der Waals surface area contributed by atoms with Crippen molar-refractivity contribution in [2.75, 3.05) is 26.9 Å². The van der Waals surface area contributed by atoms with Gasteiger partial charge in [0.15, 0.2) is 0 Å². The topological polar surface area (TPSA) is 30.5 Å². The molecule has 1 aromatic carbocycles. The van der Waals surface area contributed by atoms with E-state index in [1.54, 1.807) is 13.2 Å². The van der Waals surface area contributed by atoms with Gasteiger partial charge in [0.2, 0.25) is 0 Å². The van der Waals surface area contributed by atoms with Gasteiger partial charge < -0.3 is 14.8 Å². The fraction of sp³-hybridized carbons (Fsp3) is 0.385. The quantitative estimate of drug-likeness (QED) is 0.572. The van der Waals surface area contributed by atoms with Crippen molar-refractivity contribution in [3.63, 3.8) is 0 Å². The number of rotatable bonds is 8. The molecule has 0 atom stereocenters. The SMILES string of the molecule is C=CCOc1ccc(Cl)cc1CNCCOC. The average molecular weight is 256 g/mol. The van der Waals surface area contributed by atoms with Crippen LogP contribution in [0.25, 0.3) is 0 Å². The smallest absolute Gasteiger partial charge is 0.124 e. The fourth-order valence-corrected chi connectivity index (χ4v) is 1.57. The molecule has 0 spiro atoms. The third-order valence-electron chi connectivity index (χ3n) is 2.18. The van der Waals surface area contributed by atoms with Crippen molar-refractivity contribution in [1.29, 1.82) is 0 Å². The molecule has 0 bridgehead atoms. The summed E-state index contributed by atoms with van der Waals surface area (Å²) in [4.78, 5) is 0. The highest BCUT2D eigenvalue weighted by molar-refractivity contribution is 6.30. The molecule has 0 amide bonds. The van der Waals surface area contributed by atoms with Gasteiger partial charge in [-0.3, -0.25) is 0 Å². The molecule has 0 unspecified atom stereocenters. The molecule has 3 nitrogen and oxygen atoms in total. The second kappa shape index (κ2) is 8.12. The number of halogens is 1. The minimum absolute atomic E-state index is 0.493. The van der Waals surface area contributed by atoms with Crippen molar-refractivity contribution in [3.05, 3.63) is 41.4 Å². The summed E-state index contributed by atoms with van der Waals surface area (Å²) in [5.41, 5.74) is 1.04. The van der Waals surface area contributed by atoms with Gasteiger partial charge in [0.25, 0.3) is 0 Å². The Morgan fingerprint density at radius 1 is 1.47 bits per heavy atom. The Bertz CT molecular complexity index is 355. The maximum Gasteiger partial charge on any atom is 0.124 e. The van der Waals surface area contributed by atoms with Gasteiger partial charge >= 0.3 is 0 Å². The van der Waals surface area contributed by atoms with Gasteiger partial charge in [-0.05, 0) is 18.2 Å². The van der Waals surface area contributed by atoms with E-state index in [4.69, 9.17) is 21.1 Å². The molecule has 0 aliphatic carbocycles. The summed E-state index contributed by atoms with van der Waals surface area (Å²) in [6.45, 7) is 6.30. The van der Waals surface area contributed by atoms with Gasteiger partial charge in [-0.25, -0.2) is 0 Å². The van der Waals surface area contributed by atoms with Crippen LogP contribution in [0.3, 0.4) is 0 Å². The van der Waals surface area contributed by atoms with Gasteiger partial charge in [0.05, 0.1) is 6.61 Å². The van der Waals surface area contributed by atoms with E-state index in [9.17, 15) is 0 Å². The van der Waals surface area contributed by atoms with Crippen molar-refractivity contribution < 1.29 is 9.47 Å². The Hall–Kier alpha value is -1.03. The molecule has 17 heavy (non-hydrogen) atoms. The molecule has 0 radical (unpaired) electrons. The largest absolute Gasteiger partial charge is 0.489 e. The fourth-order valence-electron chi connectivity index (χ4n) is 1.37. The van der Waals surface area contributed by atoms with E-state index in [1.807, 2.05) is 18.2 Å². The van der Waals surface area contributed by atoms with E-state index in [2.05, 4.69) is 11.9 Å². The molecule has 0 heterocycles. The van der Waals surface area contributed by atoms with E-state index in [0.29, 0.717) is 24.8 Å². The predicted octanol–water partition coefficient (Wildman–Crippen LogP) is 2.64. The van der Waals surface area contributed by atoms with Gasteiger partial charge in [-0.15, -0.1) is 0 Å². The Morgan fingerprint density at radius 3 is 3.00 bits per heavy atom. The summed E-state index contributed by atoms with van der Waals surface area (Å²) in [5.74, 6) is 0.833. The standard InChI is InChI=1S/C13H18ClNO2/c1-3-7-17-13-5-4-12(14)9-11(13)10-15-6-8-16-2/h3-5,9,15H,1,6-8,10H2,2H3. The van der Waals surface area contributed by atoms with Crippen LogP contribution in [0.15, 0.2) is 30.9 Å². The first kappa shape index (κ1) is 14.0. The van der Waals surface area contributed by atoms with E-state index in [-0.39, 0.29) is 0 Å². The van der Waals surface area contributed by atoms with Gasteiger partial charge in [-0.2, -0.15) is 0 Å². The van der Waals surface area contributed by atoms with Crippen LogP contribution in [0.4, 0.5) is 0 Å². The van der Waals surface area contributed by atoms with Crippen LogP contribution in [0.5, 0.6) is 5.75 Å². The van der Waals surface area contributed by atoms with Gasteiger partial charge in [0.1, 0.15) is 12.4 Å². The molecule has 0 aliphatic rings. The highest BCUT2D eigenvalue weighted by atomic mass is 35.5. The monoisotopic (exact) mass is 255 g/mol. The number of hydrogen-bond donors (Lipinski definition) is 1.